The third kappa shape index (κ3) is 3.52. The van der Waals surface area contributed by atoms with Crippen LogP contribution in [-0.2, 0) is 6.54 Å². The fraction of sp³-hybridized carbons (Fsp3) is 0.167. The molecule has 0 bridgehead atoms. The van der Waals surface area contributed by atoms with E-state index in [2.05, 4.69) is 31.7 Å². The average Bonchev–Trinajstić information content (AvgIpc) is 2.80. The van der Waals surface area contributed by atoms with Crippen LogP contribution in [0.3, 0.4) is 0 Å². The first kappa shape index (κ1) is 14.0. The molecule has 4 N–H and O–H groups in total. The predicted octanol–water partition coefficient (Wildman–Crippen LogP) is 2.43. The molecule has 0 aliphatic carbocycles. The molecule has 0 aliphatic rings. The fourth-order valence-electron chi connectivity index (χ4n) is 1.59. The fourth-order valence-corrected chi connectivity index (χ4v) is 3.02. The van der Waals surface area contributed by atoms with Crippen LogP contribution in [0.4, 0.5) is 5.82 Å². The Morgan fingerprint density at radius 3 is 2.95 bits per heavy atom. The molecule has 0 saturated heterocycles. The lowest BCUT2D eigenvalue weighted by molar-refractivity contribution is 0.0951. The van der Waals surface area contributed by atoms with Gasteiger partial charge in [-0.25, -0.2) is 10.8 Å². The van der Waals surface area contributed by atoms with E-state index >= 15 is 0 Å². The summed E-state index contributed by atoms with van der Waals surface area (Å²) in [5.41, 5.74) is 3.71. The van der Waals surface area contributed by atoms with Gasteiger partial charge >= 0.3 is 0 Å². The molecule has 19 heavy (non-hydrogen) atoms. The number of nitrogens with one attached hydrogen (secondary N) is 2. The van der Waals surface area contributed by atoms with Gasteiger partial charge in [0.15, 0.2) is 0 Å². The van der Waals surface area contributed by atoms with Crippen molar-refractivity contribution in [3.05, 3.63) is 44.2 Å². The summed E-state index contributed by atoms with van der Waals surface area (Å²) in [4.78, 5) is 17.3. The molecule has 0 fully saturated rings. The van der Waals surface area contributed by atoms with Gasteiger partial charge in [-0.15, -0.1) is 11.3 Å². The Hall–Kier alpha value is -1.44. The minimum atomic E-state index is -0.151. The van der Waals surface area contributed by atoms with E-state index in [1.165, 1.54) is 0 Å². The van der Waals surface area contributed by atoms with Gasteiger partial charge in [-0.1, -0.05) is 0 Å². The van der Waals surface area contributed by atoms with E-state index in [1.807, 2.05) is 18.4 Å². The molecule has 0 saturated carbocycles. The Kier molecular flexibility index (Phi) is 4.52. The molecule has 0 aliphatic heterocycles. The molecule has 5 nitrogen and oxygen atoms in total. The minimum Gasteiger partial charge on any atom is -0.347 e. The van der Waals surface area contributed by atoms with Gasteiger partial charge in [0.05, 0.1) is 6.54 Å². The number of hydrogen-bond donors (Lipinski definition) is 3. The maximum atomic E-state index is 12.1. The van der Waals surface area contributed by atoms with E-state index in [9.17, 15) is 4.79 Å². The van der Waals surface area contributed by atoms with Crippen molar-refractivity contribution in [3.8, 4) is 0 Å². The number of aryl methyl sites for hydroxylation is 1. The number of hydrazine groups is 1. The second-order valence-electron chi connectivity index (χ2n) is 3.90. The first-order valence-electron chi connectivity index (χ1n) is 5.55. The summed E-state index contributed by atoms with van der Waals surface area (Å²) in [6, 6.07) is 5.30. The van der Waals surface area contributed by atoms with Crippen LogP contribution in [0.15, 0.2) is 28.1 Å². The van der Waals surface area contributed by atoms with Crippen molar-refractivity contribution >= 4 is 39.0 Å². The zero-order chi connectivity index (χ0) is 13.8. The molecule has 100 valence electrons. The number of thiophene rings is 1. The summed E-state index contributed by atoms with van der Waals surface area (Å²) >= 11 is 5.02. The van der Waals surface area contributed by atoms with Crippen molar-refractivity contribution in [3.63, 3.8) is 0 Å². The number of anilines is 1. The Bertz CT molecular complexity index is 599. The van der Waals surface area contributed by atoms with Gasteiger partial charge in [0.1, 0.15) is 5.82 Å². The van der Waals surface area contributed by atoms with E-state index in [0.717, 1.165) is 15.0 Å². The third-order valence-electron chi connectivity index (χ3n) is 2.46. The van der Waals surface area contributed by atoms with E-state index in [1.54, 1.807) is 23.5 Å². The number of carbonyl (C=O) groups excluding carboxylic acids is 1. The van der Waals surface area contributed by atoms with E-state index < -0.39 is 0 Å². The molecule has 0 atom stereocenters. The Morgan fingerprint density at radius 2 is 2.32 bits per heavy atom. The first-order valence-corrected chi connectivity index (χ1v) is 7.23. The molecule has 0 radical (unpaired) electrons. The van der Waals surface area contributed by atoms with Gasteiger partial charge in [0.25, 0.3) is 5.91 Å². The highest BCUT2D eigenvalue weighted by Crippen LogP contribution is 2.22. The summed E-state index contributed by atoms with van der Waals surface area (Å²) in [5.74, 6) is 5.63. The van der Waals surface area contributed by atoms with E-state index in [-0.39, 0.29) is 5.91 Å². The molecule has 1 amide bonds. The summed E-state index contributed by atoms with van der Waals surface area (Å²) in [5, 5.41) is 4.84. The molecule has 0 aromatic carbocycles. The Morgan fingerprint density at radius 1 is 1.53 bits per heavy atom. The highest BCUT2D eigenvalue weighted by Gasteiger charge is 2.09. The van der Waals surface area contributed by atoms with Crippen LogP contribution in [0.5, 0.6) is 0 Å². The SMILES string of the molecule is Cc1cc(C(=O)NCc2sccc2Br)cc(NN)n1. The van der Waals surface area contributed by atoms with Crippen LogP contribution in [0, 0.1) is 6.92 Å². The van der Waals surface area contributed by atoms with Crippen molar-refractivity contribution in [1.29, 1.82) is 0 Å². The van der Waals surface area contributed by atoms with Gasteiger partial charge in [-0.2, -0.15) is 0 Å². The molecule has 0 spiro atoms. The second kappa shape index (κ2) is 6.14. The van der Waals surface area contributed by atoms with Gasteiger partial charge < -0.3 is 10.7 Å². The highest BCUT2D eigenvalue weighted by molar-refractivity contribution is 9.10. The number of carbonyl (C=O) groups is 1. The number of nitrogens with zero attached hydrogens (tertiary/aromatic N) is 1. The molecular formula is C12H13BrN4OS. The molecule has 2 aromatic rings. The lowest BCUT2D eigenvalue weighted by Crippen LogP contribution is -2.23. The maximum Gasteiger partial charge on any atom is 0.251 e. The van der Waals surface area contributed by atoms with Crippen molar-refractivity contribution in [2.75, 3.05) is 5.43 Å². The number of halogens is 1. The lowest BCUT2D eigenvalue weighted by atomic mass is 10.2. The predicted molar refractivity (Wildman–Crippen MR) is 80.0 cm³/mol. The van der Waals surface area contributed by atoms with Crippen LogP contribution < -0.4 is 16.6 Å². The standard InChI is InChI=1S/C12H13BrN4OS/c1-7-4-8(5-11(16-7)17-14)12(18)15-6-10-9(13)2-3-19-10/h2-5H,6,14H2,1H3,(H,15,18)(H,16,17). The Labute approximate surface area is 123 Å². The summed E-state index contributed by atoms with van der Waals surface area (Å²) < 4.78 is 1.01. The number of rotatable bonds is 4. The number of nitrogen functional groups attached to an aromatic ring is 1. The monoisotopic (exact) mass is 340 g/mol. The van der Waals surface area contributed by atoms with E-state index in [4.69, 9.17) is 5.84 Å². The van der Waals surface area contributed by atoms with Crippen molar-refractivity contribution in [1.82, 2.24) is 10.3 Å². The van der Waals surface area contributed by atoms with Gasteiger partial charge in [0, 0.05) is 20.6 Å². The van der Waals surface area contributed by atoms with E-state index in [0.29, 0.717) is 17.9 Å². The number of nitrogens with two attached hydrogens (primary N) is 1. The quantitative estimate of drug-likeness (QED) is 0.589. The summed E-state index contributed by atoms with van der Waals surface area (Å²) in [6.07, 6.45) is 0. The molecule has 2 aromatic heterocycles. The maximum absolute atomic E-state index is 12.1. The van der Waals surface area contributed by atoms with Crippen LogP contribution in [0.25, 0.3) is 0 Å². The zero-order valence-electron chi connectivity index (χ0n) is 10.2. The third-order valence-corrected chi connectivity index (χ3v) is 4.39. The second-order valence-corrected chi connectivity index (χ2v) is 5.76. The van der Waals surface area contributed by atoms with Crippen molar-refractivity contribution in [2.45, 2.75) is 13.5 Å². The molecule has 2 rings (SSSR count). The van der Waals surface area contributed by atoms with Crippen LogP contribution >= 0.6 is 27.3 Å². The number of amides is 1. The normalized spacial score (nSPS) is 10.3. The minimum absolute atomic E-state index is 0.151. The number of aromatic nitrogens is 1. The van der Waals surface area contributed by atoms with Gasteiger partial charge in [-0.05, 0) is 46.4 Å². The average molecular weight is 341 g/mol. The number of pyridine rings is 1. The summed E-state index contributed by atoms with van der Waals surface area (Å²) in [6.45, 7) is 2.30. The van der Waals surface area contributed by atoms with Crippen LogP contribution in [-0.4, -0.2) is 10.9 Å². The zero-order valence-corrected chi connectivity index (χ0v) is 12.6. The van der Waals surface area contributed by atoms with Crippen molar-refractivity contribution in [2.24, 2.45) is 5.84 Å². The Balaban J connectivity index is 2.08. The molecule has 7 heteroatoms. The van der Waals surface area contributed by atoms with Crippen molar-refractivity contribution < 1.29 is 4.79 Å². The van der Waals surface area contributed by atoms with Crippen LogP contribution in [0.2, 0.25) is 0 Å². The molecular weight excluding hydrogens is 328 g/mol. The first-order chi connectivity index (χ1) is 9.10. The van der Waals surface area contributed by atoms with Crippen LogP contribution in [0.1, 0.15) is 20.9 Å². The van der Waals surface area contributed by atoms with Gasteiger partial charge in [0.2, 0.25) is 0 Å². The highest BCUT2D eigenvalue weighted by atomic mass is 79.9. The molecule has 0 unspecified atom stereocenters. The largest absolute Gasteiger partial charge is 0.347 e. The molecule has 2 heterocycles. The number of hydrogen-bond acceptors (Lipinski definition) is 5. The van der Waals surface area contributed by atoms with Gasteiger partial charge in [-0.3, -0.25) is 4.79 Å². The summed E-state index contributed by atoms with van der Waals surface area (Å²) in [7, 11) is 0. The smallest absolute Gasteiger partial charge is 0.251 e. The lowest BCUT2D eigenvalue weighted by Gasteiger charge is -2.07. The topological polar surface area (TPSA) is 80.0 Å².